The Morgan fingerprint density at radius 2 is 2.35 bits per heavy atom. The molecule has 3 rings (SSSR count). The van der Waals surface area contributed by atoms with E-state index >= 15 is 0 Å². The third kappa shape index (κ3) is 4.88. The first kappa shape index (κ1) is 16.1. The van der Waals surface area contributed by atoms with Gasteiger partial charge < -0.3 is 9.64 Å². The van der Waals surface area contributed by atoms with Crippen LogP contribution >= 0.6 is 11.3 Å². The molecule has 1 fully saturated rings. The molecule has 2 aromatic rings. The number of rotatable bonds is 7. The van der Waals surface area contributed by atoms with Crippen LogP contribution in [0.2, 0.25) is 0 Å². The molecule has 0 bridgehead atoms. The van der Waals surface area contributed by atoms with Crippen molar-refractivity contribution < 1.29 is 9.53 Å². The molecule has 1 amide bonds. The fourth-order valence-electron chi connectivity index (χ4n) is 2.85. The lowest BCUT2D eigenvalue weighted by molar-refractivity contribution is -0.133. The summed E-state index contributed by atoms with van der Waals surface area (Å²) in [5, 5.41) is 4.16. The second-order valence-corrected chi connectivity index (χ2v) is 6.68. The molecule has 0 saturated carbocycles. The van der Waals surface area contributed by atoms with Gasteiger partial charge in [-0.25, -0.2) is 0 Å². The van der Waals surface area contributed by atoms with E-state index in [1.165, 1.54) is 5.56 Å². The Morgan fingerprint density at radius 3 is 3.04 bits per heavy atom. The largest absolute Gasteiger partial charge is 0.376 e. The van der Waals surface area contributed by atoms with Crippen molar-refractivity contribution in [1.29, 1.82) is 0 Å². The maximum Gasteiger partial charge on any atom is 0.223 e. The highest BCUT2D eigenvalue weighted by molar-refractivity contribution is 7.07. The van der Waals surface area contributed by atoms with Crippen molar-refractivity contribution in [2.24, 2.45) is 0 Å². The molecular formula is C18H22N2O2S. The molecule has 1 aliphatic rings. The molecule has 5 heteroatoms. The van der Waals surface area contributed by atoms with Crippen molar-refractivity contribution in [2.45, 2.75) is 38.3 Å². The highest BCUT2D eigenvalue weighted by Crippen LogP contribution is 2.17. The lowest BCUT2D eigenvalue weighted by atomic mass is 10.1. The Hall–Kier alpha value is -1.72. The van der Waals surface area contributed by atoms with Crippen LogP contribution in [0.15, 0.2) is 41.4 Å². The monoisotopic (exact) mass is 330 g/mol. The zero-order valence-electron chi connectivity index (χ0n) is 13.2. The fourth-order valence-corrected chi connectivity index (χ4v) is 3.51. The standard InChI is InChI=1S/C18H22N2O2S/c21-18(6-5-15-3-1-8-19-11-15)20(12-16-7-10-23-14-16)13-17-4-2-9-22-17/h1,3,7-8,10-11,14,17H,2,4-6,9,12-13H2/t17-/m0/s1. The first-order chi connectivity index (χ1) is 11.3. The van der Waals surface area contributed by atoms with Crippen LogP contribution < -0.4 is 0 Å². The minimum atomic E-state index is 0.190. The molecule has 0 aliphatic carbocycles. The first-order valence-corrected chi connectivity index (χ1v) is 9.05. The number of thiophene rings is 1. The molecule has 0 radical (unpaired) electrons. The van der Waals surface area contributed by atoms with E-state index in [-0.39, 0.29) is 12.0 Å². The number of aryl methyl sites for hydroxylation is 1. The summed E-state index contributed by atoms with van der Waals surface area (Å²) in [6.45, 7) is 2.19. The number of hydrogen-bond acceptors (Lipinski definition) is 4. The number of ether oxygens (including phenoxy) is 1. The number of pyridine rings is 1. The van der Waals surface area contributed by atoms with Gasteiger partial charge in [-0.2, -0.15) is 11.3 Å². The molecule has 1 aliphatic heterocycles. The van der Waals surface area contributed by atoms with E-state index in [9.17, 15) is 4.79 Å². The van der Waals surface area contributed by atoms with Crippen LogP contribution in [0.5, 0.6) is 0 Å². The predicted molar refractivity (Wildman–Crippen MR) is 91.3 cm³/mol. The number of aromatic nitrogens is 1. The lowest BCUT2D eigenvalue weighted by Crippen LogP contribution is -2.37. The Labute approximate surface area is 141 Å². The number of nitrogens with zero attached hydrogens (tertiary/aromatic N) is 2. The molecule has 4 nitrogen and oxygen atoms in total. The molecule has 0 N–H and O–H groups in total. The van der Waals surface area contributed by atoms with E-state index in [2.05, 4.69) is 21.8 Å². The number of amides is 1. The Bertz CT molecular complexity index is 595. The minimum Gasteiger partial charge on any atom is -0.376 e. The van der Waals surface area contributed by atoms with Crippen LogP contribution in [0.3, 0.4) is 0 Å². The van der Waals surface area contributed by atoms with Gasteiger partial charge in [0.1, 0.15) is 0 Å². The maximum atomic E-state index is 12.7. The van der Waals surface area contributed by atoms with Crippen molar-refractivity contribution >= 4 is 17.2 Å². The average molecular weight is 330 g/mol. The molecule has 23 heavy (non-hydrogen) atoms. The van der Waals surface area contributed by atoms with E-state index in [0.29, 0.717) is 19.5 Å². The average Bonchev–Trinajstić information content (AvgIpc) is 3.27. The zero-order chi connectivity index (χ0) is 15.9. The van der Waals surface area contributed by atoms with E-state index in [0.717, 1.165) is 31.4 Å². The van der Waals surface area contributed by atoms with E-state index in [1.807, 2.05) is 23.2 Å². The summed E-state index contributed by atoms with van der Waals surface area (Å²) in [4.78, 5) is 18.7. The molecule has 0 aromatic carbocycles. The molecule has 3 heterocycles. The number of carbonyl (C=O) groups is 1. The molecule has 2 aromatic heterocycles. The van der Waals surface area contributed by atoms with Gasteiger partial charge in [0.2, 0.25) is 5.91 Å². The van der Waals surface area contributed by atoms with Crippen molar-refractivity contribution in [3.8, 4) is 0 Å². The second-order valence-electron chi connectivity index (χ2n) is 5.90. The van der Waals surface area contributed by atoms with Gasteiger partial charge in [0.15, 0.2) is 0 Å². The fraction of sp³-hybridized carbons (Fsp3) is 0.444. The summed E-state index contributed by atoms with van der Waals surface area (Å²) >= 11 is 1.67. The highest BCUT2D eigenvalue weighted by atomic mass is 32.1. The van der Waals surface area contributed by atoms with Crippen molar-refractivity contribution in [2.75, 3.05) is 13.2 Å². The summed E-state index contributed by atoms with van der Waals surface area (Å²) in [6, 6.07) is 6.01. The van der Waals surface area contributed by atoms with Gasteiger partial charge in [0.05, 0.1) is 6.10 Å². The smallest absolute Gasteiger partial charge is 0.223 e. The topological polar surface area (TPSA) is 42.4 Å². The number of hydrogen-bond donors (Lipinski definition) is 0. The third-order valence-corrected chi connectivity index (χ3v) is 4.84. The SMILES string of the molecule is O=C(CCc1cccnc1)N(Cc1ccsc1)C[C@@H]1CCCO1. The van der Waals surface area contributed by atoms with Gasteiger partial charge in [-0.3, -0.25) is 9.78 Å². The molecule has 1 saturated heterocycles. The van der Waals surface area contributed by atoms with Crippen LogP contribution in [0, 0.1) is 0 Å². The molecule has 122 valence electrons. The van der Waals surface area contributed by atoms with Crippen LogP contribution in [-0.4, -0.2) is 35.0 Å². The van der Waals surface area contributed by atoms with Gasteiger partial charge >= 0.3 is 0 Å². The minimum absolute atomic E-state index is 0.190. The first-order valence-electron chi connectivity index (χ1n) is 8.10. The van der Waals surface area contributed by atoms with Gasteiger partial charge in [-0.1, -0.05) is 6.07 Å². The van der Waals surface area contributed by atoms with E-state index in [1.54, 1.807) is 17.5 Å². The quantitative estimate of drug-likeness (QED) is 0.782. The van der Waals surface area contributed by atoms with Gasteiger partial charge in [-0.15, -0.1) is 0 Å². The summed E-state index contributed by atoms with van der Waals surface area (Å²) in [7, 11) is 0. The van der Waals surface area contributed by atoms with Crippen LogP contribution in [-0.2, 0) is 22.5 Å². The summed E-state index contributed by atoms with van der Waals surface area (Å²) in [5.74, 6) is 0.190. The van der Waals surface area contributed by atoms with Crippen molar-refractivity contribution in [3.63, 3.8) is 0 Å². The normalized spacial score (nSPS) is 17.3. The second kappa shape index (κ2) is 8.22. The molecular weight excluding hydrogens is 308 g/mol. The maximum absolute atomic E-state index is 12.7. The summed E-state index contributed by atoms with van der Waals surface area (Å²) < 4.78 is 5.71. The Kier molecular flexibility index (Phi) is 5.77. The molecule has 0 spiro atoms. The Morgan fingerprint density at radius 1 is 1.39 bits per heavy atom. The van der Waals surface area contributed by atoms with Gasteiger partial charge in [0, 0.05) is 38.5 Å². The van der Waals surface area contributed by atoms with Crippen LogP contribution in [0.4, 0.5) is 0 Å². The van der Waals surface area contributed by atoms with Crippen molar-refractivity contribution in [3.05, 3.63) is 52.5 Å². The third-order valence-electron chi connectivity index (χ3n) is 4.10. The predicted octanol–water partition coefficient (Wildman–Crippen LogP) is 3.28. The number of carbonyl (C=O) groups excluding carboxylic acids is 1. The van der Waals surface area contributed by atoms with Crippen LogP contribution in [0.25, 0.3) is 0 Å². The van der Waals surface area contributed by atoms with Crippen molar-refractivity contribution in [1.82, 2.24) is 9.88 Å². The zero-order valence-corrected chi connectivity index (χ0v) is 14.0. The molecule has 1 atom stereocenters. The van der Waals surface area contributed by atoms with E-state index in [4.69, 9.17) is 4.74 Å². The summed E-state index contributed by atoms with van der Waals surface area (Å²) in [5.41, 5.74) is 2.30. The highest BCUT2D eigenvalue weighted by Gasteiger charge is 2.22. The Balaban J connectivity index is 1.59. The van der Waals surface area contributed by atoms with Gasteiger partial charge in [-0.05, 0) is 53.3 Å². The molecule has 0 unspecified atom stereocenters. The lowest BCUT2D eigenvalue weighted by Gasteiger charge is -2.25. The van der Waals surface area contributed by atoms with E-state index < -0.39 is 0 Å². The van der Waals surface area contributed by atoms with Gasteiger partial charge in [0.25, 0.3) is 0 Å². The summed E-state index contributed by atoms with van der Waals surface area (Å²) in [6.07, 6.45) is 7.18. The van der Waals surface area contributed by atoms with Crippen LogP contribution in [0.1, 0.15) is 30.4 Å².